The van der Waals surface area contributed by atoms with E-state index in [1.54, 1.807) is 7.11 Å². The van der Waals surface area contributed by atoms with E-state index in [1.165, 1.54) is 12.8 Å². The van der Waals surface area contributed by atoms with Gasteiger partial charge in [0.15, 0.2) is 8.32 Å². The predicted octanol–water partition coefficient (Wildman–Crippen LogP) is 8.77. The van der Waals surface area contributed by atoms with Crippen molar-refractivity contribution in [1.82, 2.24) is 0 Å². The van der Waals surface area contributed by atoms with Crippen molar-refractivity contribution in [3.05, 3.63) is 35.9 Å². The summed E-state index contributed by atoms with van der Waals surface area (Å²) < 4.78 is 18.7. The van der Waals surface area contributed by atoms with Crippen LogP contribution in [0.5, 0.6) is 5.75 Å². The predicted molar refractivity (Wildman–Crippen MR) is 158 cm³/mol. The van der Waals surface area contributed by atoms with E-state index in [9.17, 15) is 4.79 Å². The molecule has 37 heavy (non-hydrogen) atoms. The number of carbonyl (C=O) groups excluding carboxylic acids is 1. The van der Waals surface area contributed by atoms with Crippen molar-refractivity contribution in [3.63, 3.8) is 0 Å². The molecule has 4 atom stereocenters. The second-order valence-electron chi connectivity index (χ2n) is 14.1. The highest BCUT2D eigenvalue weighted by molar-refractivity contribution is 6.74. The minimum Gasteiger partial charge on any atom is -0.497 e. The summed E-state index contributed by atoms with van der Waals surface area (Å²) in [5.74, 6) is 2.61. The molecular weight excluding hydrogens is 476 g/mol. The van der Waals surface area contributed by atoms with Crippen molar-refractivity contribution in [2.75, 3.05) is 13.7 Å². The number of ether oxygens (including phenoxy) is 2. The van der Waals surface area contributed by atoms with Crippen LogP contribution in [-0.2, 0) is 14.0 Å². The highest BCUT2D eigenvalue weighted by atomic mass is 28.4. The summed E-state index contributed by atoms with van der Waals surface area (Å²) in [7, 11) is -0.304. The van der Waals surface area contributed by atoms with Gasteiger partial charge in [0.25, 0.3) is 0 Å². The van der Waals surface area contributed by atoms with Gasteiger partial charge in [0.1, 0.15) is 11.9 Å². The van der Waals surface area contributed by atoms with E-state index in [0.29, 0.717) is 24.4 Å². The van der Waals surface area contributed by atoms with E-state index in [-0.39, 0.29) is 23.0 Å². The number of methoxy groups -OCH3 is 1. The maximum Gasteiger partial charge on any atom is 0.311 e. The summed E-state index contributed by atoms with van der Waals surface area (Å²) in [4.78, 5) is 13.2. The molecule has 0 spiro atoms. The first-order chi connectivity index (χ1) is 17.0. The molecule has 4 nitrogen and oxygen atoms in total. The summed E-state index contributed by atoms with van der Waals surface area (Å²) in [6, 6.07) is 8.15. The molecule has 0 bridgehead atoms. The lowest BCUT2D eigenvalue weighted by molar-refractivity contribution is -0.161. The largest absolute Gasteiger partial charge is 0.497 e. The molecule has 1 aromatic rings. The molecule has 1 aliphatic carbocycles. The van der Waals surface area contributed by atoms with Gasteiger partial charge in [-0.1, -0.05) is 60.1 Å². The van der Waals surface area contributed by atoms with Gasteiger partial charge in [-0.25, -0.2) is 0 Å². The lowest BCUT2D eigenvalue weighted by Gasteiger charge is -2.41. The monoisotopic (exact) mass is 530 g/mol. The summed E-state index contributed by atoms with van der Waals surface area (Å²) in [6.07, 6.45) is 5.39. The lowest BCUT2D eigenvalue weighted by Crippen LogP contribution is -2.41. The topological polar surface area (TPSA) is 44.8 Å². The second kappa shape index (κ2) is 12.5. The summed E-state index contributed by atoms with van der Waals surface area (Å²) in [5.41, 5.74) is 1.56. The Morgan fingerprint density at radius 1 is 1.08 bits per heavy atom. The van der Waals surface area contributed by atoms with Crippen LogP contribution in [0, 0.1) is 29.1 Å². The average Bonchev–Trinajstić information content (AvgIpc) is 2.79. The SMILES string of the molecule is COc1cccc(/C(=C/[C@H](OC(=O)C(C)(C)C)[C@@H]2C[C@H](C)CC[C@H]2C(C)C)CO[Si](C)(C)C(C)(C)C)c1. The van der Waals surface area contributed by atoms with E-state index in [2.05, 4.69) is 72.8 Å². The van der Waals surface area contributed by atoms with Gasteiger partial charge in [-0.15, -0.1) is 0 Å². The third-order valence-electron chi connectivity index (χ3n) is 8.55. The van der Waals surface area contributed by atoms with Crippen molar-refractivity contribution in [2.24, 2.45) is 29.1 Å². The van der Waals surface area contributed by atoms with Gasteiger partial charge in [-0.3, -0.25) is 4.79 Å². The van der Waals surface area contributed by atoms with Gasteiger partial charge in [0.2, 0.25) is 0 Å². The molecule has 2 rings (SSSR count). The average molecular weight is 531 g/mol. The van der Waals surface area contributed by atoms with Crippen LogP contribution in [0.15, 0.2) is 30.3 Å². The quantitative estimate of drug-likeness (QED) is 0.236. The van der Waals surface area contributed by atoms with Gasteiger partial charge in [0.05, 0.1) is 19.1 Å². The van der Waals surface area contributed by atoms with Gasteiger partial charge >= 0.3 is 5.97 Å². The zero-order valence-corrected chi connectivity index (χ0v) is 26.7. The zero-order valence-electron chi connectivity index (χ0n) is 25.7. The fourth-order valence-corrected chi connectivity index (χ4v) is 5.87. The number of hydrogen-bond acceptors (Lipinski definition) is 4. The molecule has 1 aromatic carbocycles. The number of esters is 1. The minimum absolute atomic E-state index is 0.103. The maximum atomic E-state index is 13.2. The third kappa shape index (κ3) is 8.71. The van der Waals surface area contributed by atoms with E-state index >= 15 is 0 Å². The van der Waals surface area contributed by atoms with Crippen LogP contribution in [0.25, 0.3) is 5.57 Å². The highest BCUT2D eigenvalue weighted by Gasteiger charge is 2.40. The fourth-order valence-electron chi connectivity index (χ4n) is 4.92. The van der Waals surface area contributed by atoms with E-state index < -0.39 is 13.7 Å². The molecule has 0 amide bonds. The molecule has 1 aliphatic rings. The van der Waals surface area contributed by atoms with Gasteiger partial charge in [0, 0.05) is 5.92 Å². The van der Waals surface area contributed by atoms with Crippen molar-refractivity contribution in [3.8, 4) is 5.75 Å². The standard InChI is InChI=1S/C32H54O4Si/c1-22(2)27-17-16-23(3)18-28(27)29(36-30(33)31(4,5)6)20-25(21-35-37(11,12)32(7,8)9)24-14-13-15-26(19-24)34-10/h13-15,19-20,22-23,27-29H,16-18,21H2,1-12H3/b25-20+/t23-,27+,28-,29+/m1/s1. The van der Waals surface area contributed by atoms with Gasteiger partial charge in [-0.05, 0) is 98.8 Å². The molecule has 1 saturated carbocycles. The molecule has 1 fully saturated rings. The first-order valence-electron chi connectivity index (χ1n) is 14.2. The number of benzene rings is 1. The molecule has 0 radical (unpaired) electrons. The second-order valence-corrected chi connectivity index (χ2v) is 18.9. The van der Waals surface area contributed by atoms with Gasteiger partial charge < -0.3 is 13.9 Å². The van der Waals surface area contributed by atoms with Gasteiger partial charge in [-0.2, -0.15) is 0 Å². The molecule has 0 aromatic heterocycles. The first-order valence-corrected chi connectivity index (χ1v) is 17.1. The Hall–Kier alpha value is -1.59. The Morgan fingerprint density at radius 3 is 2.27 bits per heavy atom. The normalized spacial score (nSPS) is 22.6. The van der Waals surface area contributed by atoms with Crippen LogP contribution >= 0.6 is 0 Å². The molecule has 0 aliphatic heterocycles. The Kier molecular flexibility index (Phi) is 10.7. The summed E-state index contributed by atoms with van der Waals surface area (Å²) in [6.45, 7) is 24.6. The van der Waals surface area contributed by atoms with Crippen molar-refractivity contribution >= 4 is 19.9 Å². The Morgan fingerprint density at radius 2 is 1.73 bits per heavy atom. The molecule has 0 N–H and O–H groups in total. The van der Waals surface area contributed by atoms with Crippen LogP contribution < -0.4 is 4.74 Å². The Balaban J connectivity index is 2.61. The van der Waals surface area contributed by atoms with Crippen LogP contribution in [0.3, 0.4) is 0 Å². The van der Waals surface area contributed by atoms with Crippen molar-refractivity contribution in [1.29, 1.82) is 0 Å². The number of hydrogen-bond donors (Lipinski definition) is 0. The molecule has 0 heterocycles. The van der Waals surface area contributed by atoms with Crippen LogP contribution in [-0.4, -0.2) is 34.1 Å². The minimum atomic E-state index is -2.00. The molecule has 5 heteroatoms. The number of rotatable bonds is 9. The fraction of sp³-hybridized carbons (Fsp3) is 0.719. The van der Waals surface area contributed by atoms with E-state index in [1.807, 2.05) is 32.9 Å². The zero-order chi connectivity index (χ0) is 28.2. The van der Waals surface area contributed by atoms with Crippen LogP contribution in [0.4, 0.5) is 0 Å². The molecule has 210 valence electrons. The van der Waals surface area contributed by atoms with E-state index in [0.717, 1.165) is 23.3 Å². The number of carbonyl (C=O) groups is 1. The Labute approximate surface area is 228 Å². The van der Waals surface area contributed by atoms with Crippen LogP contribution in [0.2, 0.25) is 18.1 Å². The molecular formula is C32H54O4Si. The highest BCUT2D eigenvalue weighted by Crippen LogP contribution is 2.43. The maximum absolute atomic E-state index is 13.2. The molecule has 0 saturated heterocycles. The smallest absolute Gasteiger partial charge is 0.311 e. The lowest BCUT2D eigenvalue weighted by atomic mass is 9.67. The molecule has 0 unspecified atom stereocenters. The summed E-state index contributed by atoms with van der Waals surface area (Å²) >= 11 is 0. The van der Waals surface area contributed by atoms with Crippen molar-refractivity contribution < 1.29 is 18.7 Å². The van der Waals surface area contributed by atoms with E-state index in [4.69, 9.17) is 13.9 Å². The first kappa shape index (κ1) is 31.6. The Bertz CT molecular complexity index is 919. The van der Waals surface area contributed by atoms with Crippen molar-refractivity contribution in [2.45, 2.75) is 106 Å². The third-order valence-corrected chi connectivity index (χ3v) is 13.0. The summed E-state index contributed by atoms with van der Waals surface area (Å²) in [5, 5.41) is 0.103. The van der Waals surface area contributed by atoms with Crippen LogP contribution in [0.1, 0.15) is 87.1 Å².